The molecule has 3 aromatic rings. The summed E-state index contributed by atoms with van der Waals surface area (Å²) in [6.07, 6.45) is 0. The quantitative estimate of drug-likeness (QED) is 0.644. The number of nitrogens with zero attached hydrogens (tertiary/aromatic N) is 1. The highest BCUT2D eigenvalue weighted by atomic mass is 35.5. The van der Waals surface area contributed by atoms with Gasteiger partial charge in [0.2, 0.25) is 5.91 Å². The number of imide groups is 1. The topological polar surface area (TPSA) is 78.5 Å². The van der Waals surface area contributed by atoms with Crippen LogP contribution in [0.2, 0.25) is 5.02 Å². The minimum Gasteiger partial charge on any atom is -0.324 e. The molecule has 0 saturated carbocycles. The van der Waals surface area contributed by atoms with Crippen molar-refractivity contribution in [1.29, 1.82) is 0 Å². The smallest absolute Gasteiger partial charge is 0.324 e. The Labute approximate surface area is 172 Å². The number of hydrogen-bond acceptors (Lipinski definition) is 3. The predicted molar refractivity (Wildman–Crippen MR) is 112 cm³/mol. The molecule has 0 radical (unpaired) electrons. The summed E-state index contributed by atoms with van der Waals surface area (Å²) >= 11 is 6.22. The van der Waals surface area contributed by atoms with Gasteiger partial charge in [0.25, 0.3) is 5.91 Å². The maximum absolute atomic E-state index is 13.0. The van der Waals surface area contributed by atoms with Crippen LogP contribution in [0.15, 0.2) is 66.7 Å². The molecule has 0 aliphatic carbocycles. The fourth-order valence-electron chi connectivity index (χ4n) is 3.56. The highest BCUT2D eigenvalue weighted by Crippen LogP contribution is 2.33. The first-order valence-electron chi connectivity index (χ1n) is 9.07. The van der Waals surface area contributed by atoms with E-state index >= 15 is 0 Å². The molecule has 1 fully saturated rings. The second-order valence-electron chi connectivity index (χ2n) is 7.00. The van der Waals surface area contributed by atoms with Crippen molar-refractivity contribution in [3.05, 3.63) is 77.3 Å². The van der Waals surface area contributed by atoms with Crippen LogP contribution in [-0.4, -0.2) is 29.3 Å². The second-order valence-corrected chi connectivity index (χ2v) is 7.41. The summed E-state index contributed by atoms with van der Waals surface area (Å²) in [6, 6.07) is 19.4. The predicted octanol–water partition coefficient (Wildman–Crippen LogP) is 3.90. The Hall–Kier alpha value is -3.38. The number of fused-ring (bicyclic) bond motifs is 1. The first-order chi connectivity index (χ1) is 13.9. The molecule has 1 heterocycles. The summed E-state index contributed by atoms with van der Waals surface area (Å²) in [5.41, 5.74) is -0.221. The van der Waals surface area contributed by atoms with Gasteiger partial charge >= 0.3 is 6.03 Å². The second kappa shape index (κ2) is 7.22. The number of anilines is 1. The molecule has 0 unspecified atom stereocenters. The van der Waals surface area contributed by atoms with Gasteiger partial charge in [-0.2, -0.15) is 0 Å². The highest BCUT2D eigenvalue weighted by molar-refractivity contribution is 6.32. The SMILES string of the molecule is C[C@]1(c2ccccc2Cl)NC(=O)N(CC(=O)Nc2cccc3ccccc23)C1=O. The normalized spacial score (nSPS) is 18.8. The summed E-state index contributed by atoms with van der Waals surface area (Å²) in [5.74, 6) is -0.989. The van der Waals surface area contributed by atoms with Crippen LogP contribution in [0.4, 0.5) is 10.5 Å². The molecular weight excluding hydrogens is 390 g/mol. The summed E-state index contributed by atoms with van der Waals surface area (Å²) in [7, 11) is 0. The van der Waals surface area contributed by atoms with E-state index < -0.39 is 29.9 Å². The molecule has 4 rings (SSSR count). The summed E-state index contributed by atoms with van der Waals surface area (Å²) in [5, 5.41) is 7.67. The fraction of sp³-hybridized carbons (Fsp3) is 0.136. The Morgan fingerprint density at radius 3 is 2.52 bits per heavy atom. The van der Waals surface area contributed by atoms with Crippen LogP contribution in [0.5, 0.6) is 0 Å². The molecular formula is C22H18ClN3O3. The van der Waals surface area contributed by atoms with Crippen LogP contribution in [0.25, 0.3) is 10.8 Å². The van der Waals surface area contributed by atoms with Crippen LogP contribution < -0.4 is 10.6 Å². The first-order valence-corrected chi connectivity index (χ1v) is 9.45. The van der Waals surface area contributed by atoms with Gasteiger partial charge in [-0.25, -0.2) is 4.79 Å². The maximum Gasteiger partial charge on any atom is 0.325 e. The van der Waals surface area contributed by atoms with Crippen molar-refractivity contribution in [2.45, 2.75) is 12.5 Å². The van der Waals surface area contributed by atoms with Crippen molar-refractivity contribution in [2.75, 3.05) is 11.9 Å². The van der Waals surface area contributed by atoms with E-state index in [9.17, 15) is 14.4 Å². The summed E-state index contributed by atoms with van der Waals surface area (Å²) in [4.78, 5) is 39.0. The van der Waals surface area contributed by atoms with E-state index in [0.717, 1.165) is 15.7 Å². The first kappa shape index (κ1) is 19.0. The van der Waals surface area contributed by atoms with Crippen molar-refractivity contribution in [1.82, 2.24) is 10.2 Å². The molecule has 3 aromatic carbocycles. The molecule has 2 N–H and O–H groups in total. The zero-order valence-corrected chi connectivity index (χ0v) is 16.4. The van der Waals surface area contributed by atoms with Gasteiger partial charge in [0.05, 0.1) is 0 Å². The lowest BCUT2D eigenvalue weighted by Crippen LogP contribution is -2.42. The molecule has 29 heavy (non-hydrogen) atoms. The van der Waals surface area contributed by atoms with E-state index in [0.29, 0.717) is 16.3 Å². The molecule has 4 amide bonds. The monoisotopic (exact) mass is 407 g/mol. The number of hydrogen-bond donors (Lipinski definition) is 2. The van der Waals surface area contributed by atoms with E-state index in [2.05, 4.69) is 10.6 Å². The Morgan fingerprint density at radius 1 is 1.03 bits per heavy atom. The van der Waals surface area contributed by atoms with E-state index in [1.54, 1.807) is 37.3 Å². The molecule has 146 valence electrons. The average molecular weight is 408 g/mol. The number of nitrogens with one attached hydrogen (secondary N) is 2. The van der Waals surface area contributed by atoms with Gasteiger partial charge in [-0.1, -0.05) is 66.2 Å². The average Bonchev–Trinajstić information content (AvgIpc) is 2.92. The Morgan fingerprint density at radius 2 is 1.72 bits per heavy atom. The van der Waals surface area contributed by atoms with Gasteiger partial charge in [-0.15, -0.1) is 0 Å². The minimum atomic E-state index is -1.32. The van der Waals surface area contributed by atoms with Gasteiger partial charge in [-0.3, -0.25) is 14.5 Å². The lowest BCUT2D eigenvalue weighted by Gasteiger charge is -2.23. The Kier molecular flexibility index (Phi) is 4.72. The lowest BCUT2D eigenvalue weighted by atomic mass is 9.92. The molecule has 0 aromatic heterocycles. The number of amides is 4. The third-order valence-corrected chi connectivity index (χ3v) is 5.38. The van der Waals surface area contributed by atoms with Gasteiger partial charge in [0.1, 0.15) is 12.1 Å². The van der Waals surface area contributed by atoms with Crippen molar-refractivity contribution >= 4 is 45.9 Å². The molecule has 0 bridgehead atoms. The number of rotatable bonds is 4. The fourth-order valence-corrected chi connectivity index (χ4v) is 3.88. The van der Waals surface area contributed by atoms with Gasteiger partial charge < -0.3 is 10.6 Å². The lowest BCUT2D eigenvalue weighted by molar-refractivity contribution is -0.133. The molecule has 6 nitrogen and oxygen atoms in total. The van der Waals surface area contributed by atoms with Crippen molar-refractivity contribution in [3.8, 4) is 0 Å². The zero-order valence-electron chi connectivity index (χ0n) is 15.6. The zero-order chi connectivity index (χ0) is 20.6. The summed E-state index contributed by atoms with van der Waals surface area (Å²) in [6.45, 7) is 1.19. The minimum absolute atomic E-state index is 0.366. The van der Waals surface area contributed by atoms with E-state index in [4.69, 9.17) is 11.6 Å². The molecule has 0 spiro atoms. The summed E-state index contributed by atoms with van der Waals surface area (Å²) < 4.78 is 0. The van der Waals surface area contributed by atoms with Gasteiger partial charge in [-0.05, 0) is 24.4 Å². The maximum atomic E-state index is 13.0. The molecule has 1 aliphatic heterocycles. The number of halogens is 1. The molecule has 1 aliphatic rings. The van der Waals surface area contributed by atoms with Crippen LogP contribution in [0.1, 0.15) is 12.5 Å². The van der Waals surface area contributed by atoms with Crippen LogP contribution >= 0.6 is 11.6 Å². The van der Waals surface area contributed by atoms with E-state index in [1.165, 1.54) is 0 Å². The van der Waals surface area contributed by atoms with Gasteiger partial charge in [0, 0.05) is 21.7 Å². The van der Waals surface area contributed by atoms with Crippen LogP contribution in [0.3, 0.4) is 0 Å². The third kappa shape index (κ3) is 3.32. The molecule has 1 saturated heterocycles. The Balaban J connectivity index is 1.55. The van der Waals surface area contributed by atoms with Crippen molar-refractivity contribution in [3.63, 3.8) is 0 Å². The van der Waals surface area contributed by atoms with E-state index in [-0.39, 0.29) is 0 Å². The van der Waals surface area contributed by atoms with Crippen LogP contribution in [0, 0.1) is 0 Å². The number of carbonyl (C=O) groups is 3. The number of urea groups is 1. The van der Waals surface area contributed by atoms with Crippen molar-refractivity contribution in [2.24, 2.45) is 0 Å². The Bertz CT molecular complexity index is 1140. The largest absolute Gasteiger partial charge is 0.325 e. The molecule has 1 atom stereocenters. The highest BCUT2D eigenvalue weighted by Gasteiger charge is 2.50. The number of benzene rings is 3. The number of carbonyl (C=O) groups excluding carboxylic acids is 3. The molecule has 7 heteroatoms. The van der Waals surface area contributed by atoms with Crippen molar-refractivity contribution < 1.29 is 14.4 Å². The third-order valence-electron chi connectivity index (χ3n) is 5.05. The standard InChI is InChI=1S/C22H18ClN3O3/c1-22(16-10-4-5-11-17(16)23)20(28)26(21(29)25-22)13-19(27)24-18-12-6-8-14-7-2-3-9-15(14)18/h2-12H,13H2,1H3,(H,24,27)(H,25,29)/t22-/m1/s1. The van der Waals surface area contributed by atoms with Crippen LogP contribution in [-0.2, 0) is 15.1 Å². The van der Waals surface area contributed by atoms with E-state index in [1.807, 2.05) is 36.4 Å². The van der Waals surface area contributed by atoms with Gasteiger partial charge in [0.15, 0.2) is 0 Å².